The number of carbonyl (C=O) groups excluding carboxylic acids is 2. The highest BCUT2D eigenvalue weighted by Crippen LogP contribution is 2.47. The molecule has 6 rings (SSSR count). The lowest BCUT2D eigenvalue weighted by Gasteiger charge is -2.23. The monoisotopic (exact) mass is 625 g/mol. The molecule has 2 aliphatic rings. The van der Waals surface area contributed by atoms with E-state index >= 15 is 0 Å². The molecule has 3 aromatic heterocycles. The molecule has 0 spiro atoms. The lowest BCUT2D eigenvalue weighted by Crippen LogP contribution is -2.30. The first-order valence-corrected chi connectivity index (χ1v) is 14.2. The fourth-order valence-electron chi connectivity index (χ4n) is 5.66. The van der Waals surface area contributed by atoms with E-state index in [2.05, 4.69) is 25.4 Å². The van der Waals surface area contributed by atoms with Gasteiger partial charge in [-0.1, -0.05) is 17.7 Å². The maximum Gasteiger partial charge on any atom is 0.276 e. The number of nitrogens with zero attached hydrogens (tertiary/aromatic N) is 6. The van der Waals surface area contributed by atoms with Crippen molar-refractivity contribution in [1.82, 2.24) is 24.7 Å². The Bertz CT molecular complexity index is 1810. The molecule has 14 heteroatoms. The van der Waals surface area contributed by atoms with Gasteiger partial charge in [0.1, 0.15) is 5.82 Å². The van der Waals surface area contributed by atoms with Gasteiger partial charge in [-0.3, -0.25) is 24.2 Å². The lowest BCUT2D eigenvalue weighted by atomic mass is 10.0. The highest BCUT2D eigenvalue weighted by Gasteiger charge is 2.53. The summed E-state index contributed by atoms with van der Waals surface area (Å²) in [6.45, 7) is 5.83. The van der Waals surface area contributed by atoms with Gasteiger partial charge in [0.15, 0.2) is 11.5 Å². The van der Waals surface area contributed by atoms with Crippen LogP contribution in [0.5, 0.6) is 0 Å². The number of alkyl halides is 2. The molecular formula is C30H27ClF3N7O3. The lowest BCUT2D eigenvalue weighted by molar-refractivity contribution is -0.118. The second-order valence-electron chi connectivity index (χ2n) is 11.0. The summed E-state index contributed by atoms with van der Waals surface area (Å²) in [5, 5.41) is 16.4. The molecule has 0 bridgehead atoms. The predicted molar refractivity (Wildman–Crippen MR) is 155 cm³/mol. The summed E-state index contributed by atoms with van der Waals surface area (Å²) in [5.74, 6) is -0.592. The van der Waals surface area contributed by atoms with Crippen LogP contribution in [-0.2, 0) is 11.4 Å². The number of carbonyl (C=O) groups is 2. The number of benzene rings is 1. The highest BCUT2D eigenvalue weighted by atomic mass is 35.5. The molecule has 4 aromatic rings. The molecule has 0 radical (unpaired) electrons. The van der Waals surface area contributed by atoms with Crippen molar-refractivity contribution in [2.75, 3.05) is 16.8 Å². The third-order valence-electron chi connectivity index (χ3n) is 8.37. The Hall–Kier alpha value is -4.36. The zero-order valence-electron chi connectivity index (χ0n) is 23.9. The summed E-state index contributed by atoms with van der Waals surface area (Å²) in [4.78, 5) is 40.3. The first-order valence-electron chi connectivity index (χ1n) is 13.9. The van der Waals surface area contributed by atoms with Crippen LogP contribution in [-0.4, -0.2) is 48.2 Å². The van der Waals surface area contributed by atoms with E-state index in [0.29, 0.717) is 18.3 Å². The van der Waals surface area contributed by atoms with Crippen molar-refractivity contribution in [3.05, 3.63) is 81.4 Å². The first kappa shape index (κ1) is 29.7. The minimum Gasteiger partial charge on any atom is -0.390 e. The Morgan fingerprint density at radius 2 is 1.93 bits per heavy atom. The van der Waals surface area contributed by atoms with Gasteiger partial charge in [0.05, 0.1) is 47.1 Å². The van der Waals surface area contributed by atoms with Crippen LogP contribution >= 0.6 is 11.6 Å². The number of anilines is 2. The zero-order chi connectivity index (χ0) is 31.4. The summed E-state index contributed by atoms with van der Waals surface area (Å²) < 4.78 is 43.8. The summed E-state index contributed by atoms with van der Waals surface area (Å²) in [6.07, 6.45) is 3.64. The van der Waals surface area contributed by atoms with Gasteiger partial charge in [-0.05, 0) is 55.9 Å². The van der Waals surface area contributed by atoms with E-state index in [1.807, 2.05) is 20.8 Å². The van der Waals surface area contributed by atoms with Gasteiger partial charge in [-0.15, -0.1) is 0 Å². The van der Waals surface area contributed by atoms with Crippen LogP contribution in [0.15, 0.2) is 36.9 Å². The molecule has 1 saturated heterocycles. The normalized spacial score (nSPS) is 18.1. The van der Waals surface area contributed by atoms with E-state index in [1.165, 1.54) is 6.20 Å². The number of aliphatic hydroxyl groups excluding tert-OH is 1. The molecule has 44 heavy (non-hydrogen) atoms. The van der Waals surface area contributed by atoms with Crippen molar-refractivity contribution in [3.63, 3.8) is 0 Å². The van der Waals surface area contributed by atoms with Crippen LogP contribution in [0.1, 0.15) is 64.2 Å². The Morgan fingerprint density at radius 3 is 2.61 bits per heavy atom. The number of aliphatic hydroxyl groups is 1. The number of pyridine rings is 1. The summed E-state index contributed by atoms with van der Waals surface area (Å²) in [6, 6.07) is 1.69. The van der Waals surface area contributed by atoms with Crippen molar-refractivity contribution < 1.29 is 27.9 Å². The molecule has 1 aromatic carbocycles. The van der Waals surface area contributed by atoms with Gasteiger partial charge in [0.25, 0.3) is 12.3 Å². The standard InChI is InChI=1S/C30H27ClF3N7O3/c1-13-14(2)28(40-10-16-6-19(16)30(40)44)36-8-20(13)15(3)41-11-17(7-37-41)38-29(43)26-23(12-42)35-9-22(39-26)24-18(27(33)34)4-5-21(31)25(24)32/h4-5,7-9,11,15-16,19,27,42H,6,10,12H2,1-3H3,(H,38,43)/t15-,16+,19+/m0/s1. The van der Waals surface area contributed by atoms with Gasteiger partial charge in [0, 0.05) is 36.0 Å². The van der Waals surface area contributed by atoms with Gasteiger partial charge in [-0.25, -0.2) is 23.1 Å². The number of aromatic nitrogens is 5. The minimum atomic E-state index is -3.05. The summed E-state index contributed by atoms with van der Waals surface area (Å²) >= 11 is 5.83. The summed E-state index contributed by atoms with van der Waals surface area (Å²) in [7, 11) is 0. The van der Waals surface area contributed by atoms with E-state index in [1.54, 1.807) is 22.0 Å². The molecule has 2 fully saturated rings. The molecule has 1 aliphatic heterocycles. The number of hydrogen-bond acceptors (Lipinski definition) is 7. The summed E-state index contributed by atoms with van der Waals surface area (Å²) in [5.41, 5.74) is 0.905. The number of piperidine rings is 1. The molecular weight excluding hydrogens is 599 g/mol. The third kappa shape index (κ3) is 5.09. The largest absolute Gasteiger partial charge is 0.390 e. The number of nitrogens with one attached hydrogen (secondary N) is 1. The maximum atomic E-state index is 14.9. The molecule has 1 aliphatic carbocycles. The molecule has 0 unspecified atom stereocenters. The quantitative estimate of drug-likeness (QED) is 0.268. The van der Waals surface area contributed by atoms with Crippen LogP contribution in [0.25, 0.3) is 11.3 Å². The van der Waals surface area contributed by atoms with Crippen molar-refractivity contribution in [2.24, 2.45) is 11.8 Å². The molecule has 4 heterocycles. The third-order valence-corrected chi connectivity index (χ3v) is 8.67. The Morgan fingerprint density at radius 1 is 1.16 bits per heavy atom. The van der Waals surface area contributed by atoms with Crippen molar-refractivity contribution in [2.45, 2.75) is 46.3 Å². The SMILES string of the molecule is Cc1c([C@H](C)n2cc(NC(=O)c3nc(-c4c(C(F)F)ccc(Cl)c4F)cnc3CO)cn2)cnc(N2C[C@H]3C[C@H]3C2=O)c1C. The predicted octanol–water partition coefficient (Wildman–Crippen LogP) is 5.42. The number of hydrogen-bond donors (Lipinski definition) is 2. The molecule has 228 valence electrons. The number of halogens is 4. The Balaban J connectivity index is 1.24. The first-order chi connectivity index (χ1) is 21.0. The van der Waals surface area contributed by atoms with Crippen LogP contribution in [0.2, 0.25) is 5.02 Å². The van der Waals surface area contributed by atoms with Gasteiger partial charge >= 0.3 is 0 Å². The van der Waals surface area contributed by atoms with E-state index in [9.17, 15) is 27.9 Å². The Labute approximate surface area is 254 Å². The number of amides is 2. The molecule has 2 N–H and O–H groups in total. The van der Waals surface area contributed by atoms with Gasteiger partial charge in [0.2, 0.25) is 5.91 Å². The fourth-order valence-corrected chi connectivity index (χ4v) is 5.81. The minimum absolute atomic E-state index is 0.128. The second-order valence-corrected chi connectivity index (χ2v) is 11.4. The van der Waals surface area contributed by atoms with E-state index < -0.39 is 40.9 Å². The van der Waals surface area contributed by atoms with E-state index in [-0.39, 0.29) is 40.6 Å². The molecule has 2 amide bonds. The van der Waals surface area contributed by atoms with Crippen LogP contribution in [0, 0.1) is 31.5 Å². The van der Waals surface area contributed by atoms with E-state index in [0.717, 1.165) is 41.4 Å². The van der Waals surface area contributed by atoms with Crippen molar-refractivity contribution in [1.29, 1.82) is 0 Å². The zero-order valence-corrected chi connectivity index (χ0v) is 24.6. The van der Waals surface area contributed by atoms with Gasteiger partial charge < -0.3 is 10.4 Å². The molecule has 1 saturated carbocycles. The molecule has 10 nitrogen and oxygen atoms in total. The number of rotatable bonds is 8. The smallest absolute Gasteiger partial charge is 0.276 e. The van der Waals surface area contributed by atoms with Crippen molar-refractivity contribution >= 4 is 34.9 Å². The average molecular weight is 626 g/mol. The van der Waals surface area contributed by atoms with E-state index in [4.69, 9.17) is 11.6 Å². The average Bonchev–Trinajstić information content (AvgIpc) is 3.50. The number of fused-ring (bicyclic) bond motifs is 1. The van der Waals surface area contributed by atoms with Crippen LogP contribution in [0.4, 0.5) is 24.7 Å². The van der Waals surface area contributed by atoms with Crippen LogP contribution in [0.3, 0.4) is 0 Å². The maximum absolute atomic E-state index is 14.9. The van der Waals surface area contributed by atoms with Crippen LogP contribution < -0.4 is 10.2 Å². The topological polar surface area (TPSA) is 126 Å². The second kappa shape index (κ2) is 11.3. The highest BCUT2D eigenvalue weighted by molar-refractivity contribution is 6.31. The molecule has 3 atom stereocenters. The van der Waals surface area contributed by atoms with Gasteiger partial charge in [-0.2, -0.15) is 5.10 Å². The Kier molecular flexibility index (Phi) is 7.62. The van der Waals surface area contributed by atoms with Crippen molar-refractivity contribution in [3.8, 4) is 11.3 Å². The fraction of sp³-hybridized carbons (Fsp3) is 0.333.